The van der Waals surface area contributed by atoms with Crippen molar-refractivity contribution in [2.45, 2.75) is 38.0 Å². The molecule has 2 heterocycles. The minimum Gasteiger partial charge on any atom is -0.369 e. The molecule has 1 saturated heterocycles. The summed E-state index contributed by atoms with van der Waals surface area (Å²) in [7, 11) is -3.62. The molecule has 0 bridgehead atoms. The van der Waals surface area contributed by atoms with Gasteiger partial charge in [0, 0.05) is 61.5 Å². The Labute approximate surface area is 189 Å². The van der Waals surface area contributed by atoms with Crippen molar-refractivity contribution in [3.63, 3.8) is 0 Å². The molecule has 2 aliphatic rings. The fourth-order valence-electron chi connectivity index (χ4n) is 4.54. The summed E-state index contributed by atoms with van der Waals surface area (Å²) in [4.78, 5) is 16.2. The lowest BCUT2D eigenvalue weighted by molar-refractivity contribution is -0.116. The number of sulfonamides is 1. The van der Waals surface area contributed by atoms with Crippen LogP contribution in [0.2, 0.25) is 5.02 Å². The van der Waals surface area contributed by atoms with E-state index in [1.807, 2.05) is 39.0 Å². The Morgan fingerprint density at radius 3 is 2.32 bits per heavy atom. The summed E-state index contributed by atoms with van der Waals surface area (Å²) in [6.07, 6.45) is 0. The molecule has 1 fully saturated rings. The minimum absolute atomic E-state index is 0.0325. The zero-order valence-electron chi connectivity index (χ0n) is 18.4. The van der Waals surface area contributed by atoms with Gasteiger partial charge in [0.25, 0.3) is 0 Å². The summed E-state index contributed by atoms with van der Waals surface area (Å²) in [5.74, 6) is -0.0325. The number of aryl methyl sites for hydroxylation is 1. The number of anilines is 2. The van der Waals surface area contributed by atoms with Crippen molar-refractivity contribution in [1.82, 2.24) is 4.31 Å². The molecule has 6 nitrogen and oxygen atoms in total. The lowest BCUT2D eigenvalue weighted by Crippen LogP contribution is -2.48. The summed E-state index contributed by atoms with van der Waals surface area (Å²) in [5.41, 5.74) is 3.58. The highest BCUT2D eigenvalue weighted by Crippen LogP contribution is 2.42. The Hall–Kier alpha value is -2.09. The third kappa shape index (κ3) is 3.95. The number of rotatable bonds is 3. The van der Waals surface area contributed by atoms with Crippen LogP contribution in [-0.2, 0) is 20.2 Å². The molecule has 0 unspecified atom stereocenters. The zero-order valence-corrected chi connectivity index (χ0v) is 19.9. The van der Waals surface area contributed by atoms with Crippen LogP contribution in [0.15, 0.2) is 41.3 Å². The number of hydrogen-bond donors (Lipinski definition) is 0. The second kappa shape index (κ2) is 7.80. The second-order valence-electron chi connectivity index (χ2n) is 8.99. The lowest BCUT2D eigenvalue weighted by Gasteiger charge is -2.36. The Balaban J connectivity index is 1.57. The molecule has 2 aromatic carbocycles. The number of piperazine rings is 1. The van der Waals surface area contributed by atoms with Gasteiger partial charge >= 0.3 is 0 Å². The van der Waals surface area contributed by atoms with Crippen LogP contribution in [0, 0.1) is 6.92 Å². The topological polar surface area (TPSA) is 60.9 Å². The van der Waals surface area contributed by atoms with E-state index in [0.29, 0.717) is 37.7 Å². The fourth-order valence-corrected chi connectivity index (χ4v) is 6.16. The van der Waals surface area contributed by atoms with Crippen LogP contribution in [0.1, 0.15) is 31.9 Å². The highest BCUT2D eigenvalue weighted by molar-refractivity contribution is 7.89. The van der Waals surface area contributed by atoms with Crippen molar-refractivity contribution in [3.05, 3.63) is 52.5 Å². The highest BCUT2D eigenvalue weighted by Gasteiger charge is 2.38. The van der Waals surface area contributed by atoms with Gasteiger partial charge in [-0.05, 0) is 48.4 Å². The van der Waals surface area contributed by atoms with E-state index >= 15 is 0 Å². The van der Waals surface area contributed by atoms with E-state index in [0.717, 1.165) is 22.5 Å². The monoisotopic (exact) mass is 461 g/mol. The molecular weight excluding hydrogens is 434 g/mol. The normalized spacial score (nSPS) is 18.9. The molecule has 0 N–H and O–H groups in total. The number of hydrogen-bond acceptors (Lipinski definition) is 4. The SMILES string of the molecule is CC(=O)N1CC(C)(C)c2cc(S(=O)(=O)N3CCN(c4cc(Cl)ccc4C)CC3)ccc21. The summed E-state index contributed by atoms with van der Waals surface area (Å²) in [5, 5.41) is 0.677. The maximum absolute atomic E-state index is 13.4. The third-order valence-electron chi connectivity index (χ3n) is 6.31. The standard InChI is InChI=1S/C23H28ClN3O3S/c1-16-5-6-18(24)13-22(16)25-9-11-26(12-10-25)31(29,30)19-7-8-21-20(14-19)23(3,4)15-27(21)17(2)28/h5-8,13-14H,9-12,15H2,1-4H3. The molecule has 0 aromatic heterocycles. The first-order chi connectivity index (χ1) is 14.5. The number of carbonyl (C=O) groups excluding carboxylic acids is 1. The smallest absolute Gasteiger partial charge is 0.243 e. The van der Waals surface area contributed by atoms with Crippen molar-refractivity contribution >= 4 is 38.9 Å². The Morgan fingerprint density at radius 1 is 1.00 bits per heavy atom. The van der Waals surface area contributed by atoms with E-state index in [9.17, 15) is 13.2 Å². The van der Waals surface area contributed by atoms with Gasteiger partial charge in [0.05, 0.1) is 4.90 Å². The van der Waals surface area contributed by atoms with E-state index < -0.39 is 10.0 Å². The van der Waals surface area contributed by atoms with Crippen molar-refractivity contribution in [2.24, 2.45) is 0 Å². The fraction of sp³-hybridized carbons (Fsp3) is 0.435. The van der Waals surface area contributed by atoms with Crippen LogP contribution in [0.25, 0.3) is 0 Å². The van der Waals surface area contributed by atoms with Gasteiger partial charge in [0.15, 0.2) is 0 Å². The predicted molar refractivity (Wildman–Crippen MR) is 125 cm³/mol. The van der Waals surface area contributed by atoms with Crippen LogP contribution in [-0.4, -0.2) is 51.4 Å². The maximum Gasteiger partial charge on any atom is 0.243 e. The molecule has 1 amide bonds. The van der Waals surface area contributed by atoms with Gasteiger partial charge in [-0.2, -0.15) is 4.31 Å². The number of halogens is 1. The predicted octanol–water partition coefficient (Wildman–Crippen LogP) is 3.80. The summed E-state index contributed by atoms with van der Waals surface area (Å²) >= 11 is 6.16. The Morgan fingerprint density at radius 2 is 1.68 bits per heavy atom. The van der Waals surface area contributed by atoms with Crippen LogP contribution in [0.3, 0.4) is 0 Å². The van der Waals surface area contributed by atoms with Gasteiger partial charge in [-0.25, -0.2) is 8.42 Å². The molecule has 0 atom stereocenters. The molecule has 0 radical (unpaired) electrons. The van der Waals surface area contributed by atoms with E-state index in [4.69, 9.17) is 11.6 Å². The average molecular weight is 462 g/mol. The quantitative estimate of drug-likeness (QED) is 0.697. The lowest BCUT2D eigenvalue weighted by atomic mass is 9.87. The summed E-state index contributed by atoms with van der Waals surface area (Å²) in [6.45, 7) is 10.2. The molecule has 2 aliphatic heterocycles. The first-order valence-corrected chi connectivity index (χ1v) is 12.3. The number of carbonyl (C=O) groups is 1. The van der Waals surface area contributed by atoms with Crippen molar-refractivity contribution < 1.29 is 13.2 Å². The Kier molecular flexibility index (Phi) is 5.56. The molecule has 31 heavy (non-hydrogen) atoms. The number of nitrogens with zero attached hydrogens (tertiary/aromatic N) is 3. The molecule has 8 heteroatoms. The van der Waals surface area contributed by atoms with Gasteiger partial charge in [-0.1, -0.05) is 31.5 Å². The Bertz CT molecular complexity index is 1140. The van der Waals surface area contributed by atoms with Crippen LogP contribution in [0.4, 0.5) is 11.4 Å². The molecule has 0 saturated carbocycles. The molecule has 4 rings (SSSR count). The first kappa shape index (κ1) is 22.1. The van der Waals surface area contributed by atoms with E-state index in [-0.39, 0.29) is 16.2 Å². The van der Waals surface area contributed by atoms with Crippen molar-refractivity contribution in [1.29, 1.82) is 0 Å². The van der Waals surface area contributed by atoms with Gasteiger partial charge in [-0.15, -0.1) is 0 Å². The maximum atomic E-state index is 13.4. The van der Waals surface area contributed by atoms with Crippen molar-refractivity contribution in [2.75, 3.05) is 42.5 Å². The highest BCUT2D eigenvalue weighted by atomic mass is 35.5. The van der Waals surface area contributed by atoms with Crippen LogP contribution >= 0.6 is 11.6 Å². The largest absolute Gasteiger partial charge is 0.369 e. The van der Waals surface area contributed by atoms with Crippen molar-refractivity contribution in [3.8, 4) is 0 Å². The molecule has 0 spiro atoms. The zero-order chi connectivity index (χ0) is 22.6. The average Bonchev–Trinajstić information content (AvgIpc) is 3.01. The number of amides is 1. The van der Waals surface area contributed by atoms with E-state index in [1.54, 1.807) is 27.4 Å². The summed E-state index contributed by atoms with van der Waals surface area (Å²) in [6, 6.07) is 10.9. The van der Waals surface area contributed by atoms with Gasteiger partial charge in [0.1, 0.15) is 0 Å². The molecule has 0 aliphatic carbocycles. The van der Waals surface area contributed by atoms with E-state index in [2.05, 4.69) is 4.90 Å². The van der Waals surface area contributed by atoms with E-state index in [1.165, 1.54) is 6.92 Å². The van der Waals surface area contributed by atoms with Crippen LogP contribution in [0.5, 0.6) is 0 Å². The third-order valence-corrected chi connectivity index (χ3v) is 8.44. The number of benzene rings is 2. The molecule has 2 aromatic rings. The van der Waals surface area contributed by atoms with Crippen LogP contribution < -0.4 is 9.80 Å². The summed E-state index contributed by atoms with van der Waals surface area (Å²) < 4.78 is 28.3. The molecular formula is C23H28ClN3O3S. The van der Waals surface area contributed by atoms with Gasteiger partial charge in [-0.3, -0.25) is 4.79 Å². The van der Waals surface area contributed by atoms with Gasteiger partial charge < -0.3 is 9.80 Å². The second-order valence-corrected chi connectivity index (χ2v) is 11.4. The number of fused-ring (bicyclic) bond motifs is 1. The van der Waals surface area contributed by atoms with Gasteiger partial charge in [0.2, 0.25) is 15.9 Å². The molecule has 166 valence electrons. The minimum atomic E-state index is -3.62. The first-order valence-electron chi connectivity index (χ1n) is 10.4.